The summed E-state index contributed by atoms with van der Waals surface area (Å²) in [5.74, 6) is 0.269. The molecule has 0 fully saturated rings. The standard InChI is InChI=1S/C13H12O2/c1-3-4-9-7-11-8(2)12(14)6-5-10(11)13(9)15/h3-7,14H,1-2H3/b4-3+. The van der Waals surface area contributed by atoms with Crippen LogP contribution in [0.5, 0.6) is 5.75 Å². The van der Waals surface area contributed by atoms with Gasteiger partial charge in [-0.05, 0) is 43.2 Å². The van der Waals surface area contributed by atoms with Gasteiger partial charge in [-0.3, -0.25) is 4.79 Å². The molecule has 2 rings (SSSR count). The molecule has 0 atom stereocenters. The van der Waals surface area contributed by atoms with Gasteiger partial charge in [0.25, 0.3) is 0 Å². The van der Waals surface area contributed by atoms with Gasteiger partial charge in [-0.1, -0.05) is 12.2 Å². The third-order valence-electron chi connectivity index (χ3n) is 2.64. The van der Waals surface area contributed by atoms with Gasteiger partial charge in [0.15, 0.2) is 5.78 Å². The fraction of sp³-hybridized carbons (Fsp3) is 0.154. The molecule has 0 aliphatic heterocycles. The lowest BCUT2D eigenvalue weighted by Crippen LogP contribution is -1.97. The molecule has 0 saturated carbocycles. The maximum Gasteiger partial charge on any atom is 0.193 e. The number of hydrogen-bond donors (Lipinski definition) is 1. The molecule has 0 saturated heterocycles. The van der Waals surface area contributed by atoms with Crippen molar-refractivity contribution in [2.75, 3.05) is 0 Å². The van der Waals surface area contributed by atoms with Crippen molar-refractivity contribution in [3.05, 3.63) is 46.5 Å². The van der Waals surface area contributed by atoms with Crippen molar-refractivity contribution in [2.24, 2.45) is 0 Å². The Balaban J connectivity index is 2.62. The monoisotopic (exact) mass is 200 g/mol. The molecule has 1 aliphatic carbocycles. The van der Waals surface area contributed by atoms with Crippen LogP contribution in [0.4, 0.5) is 0 Å². The van der Waals surface area contributed by atoms with Crippen LogP contribution in [0.25, 0.3) is 6.08 Å². The minimum absolute atomic E-state index is 0.0335. The summed E-state index contributed by atoms with van der Waals surface area (Å²) in [5.41, 5.74) is 2.97. The first-order chi connectivity index (χ1) is 7.15. The molecule has 2 nitrogen and oxygen atoms in total. The van der Waals surface area contributed by atoms with E-state index in [0.717, 1.165) is 11.1 Å². The van der Waals surface area contributed by atoms with Gasteiger partial charge in [0, 0.05) is 11.1 Å². The smallest absolute Gasteiger partial charge is 0.193 e. The van der Waals surface area contributed by atoms with E-state index in [0.29, 0.717) is 11.1 Å². The molecule has 2 heteroatoms. The van der Waals surface area contributed by atoms with E-state index in [4.69, 9.17) is 0 Å². The van der Waals surface area contributed by atoms with Crippen molar-refractivity contribution in [1.29, 1.82) is 0 Å². The van der Waals surface area contributed by atoms with Gasteiger partial charge in [0.05, 0.1) is 0 Å². The average molecular weight is 200 g/mol. The lowest BCUT2D eigenvalue weighted by Gasteiger charge is -2.03. The number of ketones is 1. The molecule has 15 heavy (non-hydrogen) atoms. The number of carbonyl (C=O) groups excluding carboxylic acids is 1. The Kier molecular flexibility index (Phi) is 2.19. The number of hydrogen-bond acceptors (Lipinski definition) is 2. The molecule has 0 radical (unpaired) electrons. The second kappa shape index (κ2) is 3.39. The maximum atomic E-state index is 11.8. The van der Waals surface area contributed by atoms with E-state index in [9.17, 15) is 9.90 Å². The molecule has 0 bridgehead atoms. The fourth-order valence-corrected chi connectivity index (χ4v) is 1.78. The molecule has 76 valence electrons. The normalized spacial score (nSPS) is 14.5. The highest BCUT2D eigenvalue weighted by molar-refractivity contribution is 6.20. The number of phenols is 1. The van der Waals surface area contributed by atoms with Gasteiger partial charge >= 0.3 is 0 Å². The van der Waals surface area contributed by atoms with Crippen LogP contribution in [0.15, 0.2) is 29.9 Å². The van der Waals surface area contributed by atoms with E-state index in [1.807, 2.05) is 26.0 Å². The van der Waals surface area contributed by atoms with Crippen LogP contribution >= 0.6 is 0 Å². The number of rotatable bonds is 1. The van der Waals surface area contributed by atoms with Crippen molar-refractivity contribution in [2.45, 2.75) is 13.8 Å². The Morgan fingerprint density at radius 3 is 2.73 bits per heavy atom. The first-order valence-corrected chi connectivity index (χ1v) is 4.87. The van der Waals surface area contributed by atoms with E-state index >= 15 is 0 Å². The van der Waals surface area contributed by atoms with Crippen molar-refractivity contribution in [3.8, 4) is 5.75 Å². The van der Waals surface area contributed by atoms with Crippen molar-refractivity contribution in [3.63, 3.8) is 0 Å². The number of Topliss-reactive ketones (excluding diaryl/α,β-unsaturated/α-hetero) is 1. The van der Waals surface area contributed by atoms with Crippen LogP contribution in [0.3, 0.4) is 0 Å². The van der Waals surface area contributed by atoms with E-state index in [2.05, 4.69) is 0 Å². The van der Waals surface area contributed by atoms with Gasteiger partial charge < -0.3 is 5.11 Å². The van der Waals surface area contributed by atoms with Crippen LogP contribution in [0.1, 0.15) is 28.4 Å². The topological polar surface area (TPSA) is 37.3 Å². The zero-order chi connectivity index (χ0) is 11.0. The van der Waals surface area contributed by atoms with E-state index in [-0.39, 0.29) is 11.5 Å². The summed E-state index contributed by atoms with van der Waals surface area (Å²) in [6, 6.07) is 3.24. The highest BCUT2D eigenvalue weighted by Gasteiger charge is 2.22. The average Bonchev–Trinajstić information content (AvgIpc) is 2.52. The van der Waals surface area contributed by atoms with Crippen LogP contribution in [-0.2, 0) is 0 Å². The minimum Gasteiger partial charge on any atom is -0.508 e. The highest BCUT2D eigenvalue weighted by atomic mass is 16.3. The molecule has 0 spiro atoms. The lowest BCUT2D eigenvalue weighted by atomic mass is 10.0. The summed E-state index contributed by atoms with van der Waals surface area (Å²) in [7, 11) is 0. The molecule has 1 aliphatic rings. The van der Waals surface area contributed by atoms with Crippen LogP contribution in [0.2, 0.25) is 0 Å². The largest absolute Gasteiger partial charge is 0.508 e. The van der Waals surface area contributed by atoms with E-state index < -0.39 is 0 Å². The predicted octanol–water partition coefficient (Wildman–Crippen LogP) is 2.86. The van der Waals surface area contributed by atoms with Gasteiger partial charge in [0.1, 0.15) is 5.75 Å². The Hall–Kier alpha value is -1.83. The number of carbonyl (C=O) groups is 1. The summed E-state index contributed by atoms with van der Waals surface area (Å²) in [6.07, 6.45) is 5.45. The summed E-state index contributed by atoms with van der Waals surface area (Å²) < 4.78 is 0. The predicted molar refractivity (Wildman–Crippen MR) is 60.0 cm³/mol. The molecule has 0 unspecified atom stereocenters. The molecular weight excluding hydrogens is 188 g/mol. The molecule has 0 aromatic heterocycles. The van der Waals surface area contributed by atoms with Crippen molar-refractivity contribution in [1.82, 2.24) is 0 Å². The summed E-state index contributed by atoms with van der Waals surface area (Å²) in [5, 5.41) is 9.53. The fourth-order valence-electron chi connectivity index (χ4n) is 1.78. The second-order valence-corrected chi connectivity index (χ2v) is 3.60. The highest BCUT2D eigenvalue weighted by Crippen LogP contribution is 2.32. The van der Waals surface area contributed by atoms with Crippen LogP contribution < -0.4 is 0 Å². The second-order valence-electron chi connectivity index (χ2n) is 3.60. The minimum atomic E-state index is 0.0335. The Morgan fingerprint density at radius 1 is 1.33 bits per heavy atom. The molecule has 1 N–H and O–H groups in total. The summed E-state index contributed by atoms with van der Waals surface area (Å²) in [6.45, 7) is 3.69. The zero-order valence-corrected chi connectivity index (χ0v) is 8.74. The zero-order valence-electron chi connectivity index (χ0n) is 8.74. The van der Waals surface area contributed by atoms with E-state index in [1.54, 1.807) is 18.2 Å². The maximum absolute atomic E-state index is 11.8. The van der Waals surface area contributed by atoms with E-state index in [1.165, 1.54) is 0 Å². The number of phenolic OH excluding ortho intramolecular Hbond substituents is 1. The van der Waals surface area contributed by atoms with Gasteiger partial charge in [-0.2, -0.15) is 0 Å². The number of aromatic hydroxyl groups is 1. The quantitative estimate of drug-likeness (QED) is 0.756. The lowest BCUT2D eigenvalue weighted by molar-refractivity contribution is 0.104. The molecular formula is C13H12O2. The molecule has 0 heterocycles. The molecule has 1 aromatic rings. The van der Waals surface area contributed by atoms with Gasteiger partial charge in [-0.25, -0.2) is 0 Å². The summed E-state index contributed by atoms with van der Waals surface area (Å²) >= 11 is 0. The van der Waals surface area contributed by atoms with Crippen molar-refractivity contribution >= 4 is 11.9 Å². The number of benzene rings is 1. The summed E-state index contributed by atoms with van der Waals surface area (Å²) in [4.78, 5) is 11.8. The van der Waals surface area contributed by atoms with Gasteiger partial charge in [-0.15, -0.1) is 0 Å². The number of allylic oxidation sites excluding steroid dienone is 3. The van der Waals surface area contributed by atoms with Crippen LogP contribution in [0, 0.1) is 6.92 Å². The Bertz CT molecular complexity index is 494. The third-order valence-corrected chi connectivity index (χ3v) is 2.64. The molecule has 1 aromatic carbocycles. The first-order valence-electron chi connectivity index (χ1n) is 4.87. The third kappa shape index (κ3) is 1.38. The van der Waals surface area contributed by atoms with Crippen LogP contribution in [-0.4, -0.2) is 10.9 Å². The van der Waals surface area contributed by atoms with Gasteiger partial charge in [0.2, 0.25) is 0 Å². The SMILES string of the molecule is C/C=C/C1=Cc2c(ccc(O)c2C)C1=O. The Labute approximate surface area is 88.6 Å². The Morgan fingerprint density at radius 2 is 2.07 bits per heavy atom. The number of fused-ring (bicyclic) bond motifs is 1. The van der Waals surface area contributed by atoms with Crippen molar-refractivity contribution < 1.29 is 9.90 Å². The molecule has 0 amide bonds. The first kappa shape index (κ1) is 9.71.